The molecular weight excluding hydrogens is 264 g/mol. The summed E-state index contributed by atoms with van der Waals surface area (Å²) < 4.78 is 21.5. The molecule has 5 nitrogen and oxygen atoms in total. The number of primary sulfonamides is 1. The molecule has 1 aromatic carbocycles. The van der Waals surface area contributed by atoms with Gasteiger partial charge >= 0.3 is 0 Å². The van der Waals surface area contributed by atoms with Gasteiger partial charge in [0.05, 0.1) is 11.2 Å². The third-order valence-electron chi connectivity index (χ3n) is 2.95. The van der Waals surface area contributed by atoms with Gasteiger partial charge in [0.2, 0.25) is 15.9 Å². The van der Waals surface area contributed by atoms with Crippen LogP contribution in [0, 0.1) is 0 Å². The molecule has 0 atom stereocenters. The van der Waals surface area contributed by atoms with Crippen molar-refractivity contribution < 1.29 is 13.2 Å². The van der Waals surface area contributed by atoms with E-state index in [0.29, 0.717) is 13.0 Å². The van der Waals surface area contributed by atoms with Crippen molar-refractivity contribution in [2.24, 2.45) is 5.14 Å². The number of carbonyl (C=O) groups excluding carboxylic acids is 1. The molecule has 0 aromatic heterocycles. The lowest BCUT2D eigenvalue weighted by Gasteiger charge is -2.24. The number of carbonyl (C=O) groups is 1. The Morgan fingerprint density at radius 1 is 1.26 bits per heavy atom. The number of hydrogen-bond donors (Lipinski definition) is 2. The van der Waals surface area contributed by atoms with Crippen LogP contribution in [0.1, 0.15) is 25.8 Å². The maximum absolute atomic E-state index is 12.1. The van der Waals surface area contributed by atoms with Crippen LogP contribution in [0.15, 0.2) is 30.3 Å². The molecule has 0 aliphatic heterocycles. The van der Waals surface area contributed by atoms with Crippen LogP contribution in [-0.4, -0.2) is 26.6 Å². The van der Waals surface area contributed by atoms with Crippen molar-refractivity contribution in [2.75, 3.05) is 12.3 Å². The second-order valence-electron chi connectivity index (χ2n) is 4.97. The van der Waals surface area contributed by atoms with Crippen molar-refractivity contribution in [1.82, 2.24) is 5.32 Å². The fourth-order valence-electron chi connectivity index (χ4n) is 1.68. The van der Waals surface area contributed by atoms with Gasteiger partial charge in [-0.1, -0.05) is 30.3 Å². The minimum Gasteiger partial charge on any atom is -0.355 e. The molecule has 0 bridgehead atoms. The zero-order valence-corrected chi connectivity index (χ0v) is 12.0. The van der Waals surface area contributed by atoms with Crippen LogP contribution in [0.25, 0.3) is 0 Å². The van der Waals surface area contributed by atoms with Gasteiger partial charge in [0.25, 0.3) is 0 Å². The molecule has 0 aliphatic carbocycles. The van der Waals surface area contributed by atoms with Crippen molar-refractivity contribution in [1.29, 1.82) is 0 Å². The fourth-order valence-corrected chi connectivity index (χ4v) is 2.23. The monoisotopic (exact) mass is 284 g/mol. The third-order valence-corrected chi connectivity index (χ3v) is 3.81. The van der Waals surface area contributed by atoms with Crippen molar-refractivity contribution >= 4 is 15.9 Å². The van der Waals surface area contributed by atoms with Gasteiger partial charge in [0.15, 0.2) is 0 Å². The molecule has 0 saturated carbocycles. The molecule has 1 aromatic rings. The predicted molar refractivity (Wildman–Crippen MR) is 75.1 cm³/mol. The normalized spacial score (nSPS) is 12.2. The van der Waals surface area contributed by atoms with E-state index in [1.807, 2.05) is 44.2 Å². The van der Waals surface area contributed by atoms with E-state index in [4.69, 9.17) is 5.14 Å². The maximum Gasteiger partial charge on any atom is 0.230 e. The van der Waals surface area contributed by atoms with E-state index in [1.54, 1.807) is 0 Å². The number of nitrogens with one attached hydrogen (secondary N) is 1. The third kappa shape index (κ3) is 5.00. The summed E-state index contributed by atoms with van der Waals surface area (Å²) in [5, 5.41) is 7.62. The fraction of sp³-hybridized carbons (Fsp3) is 0.462. The molecule has 1 amide bonds. The van der Waals surface area contributed by atoms with Gasteiger partial charge in [-0.05, 0) is 25.8 Å². The molecule has 0 saturated heterocycles. The first-order chi connectivity index (χ1) is 8.73. The Morgan fingerprint density at radius 3 is 2.37 bits per heavy atom. The van der Waals surface area contributed by atoms with E-state index in [9.17, 15) is 13.2 Å². The van der Waals surface area contributed by atoms with Crippen LogP contribution in [0.5, 0.6) is 0 Å². The Balaban J connectivity index is 2.54. The Bertz CT molecular complexity index is 524. The topological polar surface area (TPSA) is 89.3 Å². The lowest BCUT2D eigenvalue weighted by atomic mass is 9.84. The highest BCUT2D eigenvalue weighted by atomic mass is 32.2. The quantitative estimate of drug-likeness (QED) is 0.756. The first-order valence-electron chi connectivity index (χ1n) is 6.08. The molecule has 0 aliphatic rings. The summed E-state index contributed by atoms with van der Waals surface area (Å²) in [4.78, 5) is 12.1. The first kappa shape index (κ1) is 15.7. The van der Waals surface area contributed by atoms with E-state index in [0.717, 1.165) is 5.56 Å². The van der Waals surface area contributed by atoms with E-state index in [2.05, 4.69) is 5.32 Å². The molecule has 0 unspecified atom stereocenters. The SMILES string of the molecule is CC(C)(C(=O)NCCCS(N)(=O)=O)c1ccccc1. The lowest BCUT2D eigenvalue weighted by Crippen LogP contribution is -2.40. The lowest BCUT2D eigenvalue weighted by molar-refractivity contribution is -0.125. The zero-order valence-electron chi connectivity index (χ0n) is 11.2. The van der Waals surface area contributed by atoms with E-state index in [-0.39, 0.29) is 11.7 Å². The number of rotatable bonds is 6. The summed E-state index contributed by atoms with van der Waals surface area (Å²) in [6, 6.07) is 9.44. The van der Waals surface area contributed by atoms with Crippen LogP contribution in [-0.2, 0) is 20.2 Å². The minimum atomic E-state index is -3.46. The molecule has 0 heterocycles. The Hall–Kier alpha value is -1.40. The predicted octanol–water partition coefficient (Wildman–Crippen LogP) is 0.759. The Labute approximate surface area is 114 Å². The number of amides is 1. The number of benzene rings is 1. The average Bonchev–Trinajstić information content (AvgIpc) is 2.34. The smallest absolute Gasteiger partial charge is 0.230 e. The summed E-state index contributed by atoms with van der Waals surface area (Å²) >= 11 is 0. The number of hydrogen-bond acceptors (Lipinski definition) is 3. The minimum absolute atomic E-state index is 0.126. The van der Waals surface area contributed by atoms with Gasteiger partial charge in [-0.15, -0.1) is 0 Å². The van der Waals surface area contributed by atoms with E-state index < -0.39 is 15.4 Å². The van der Waals surface area contributed by atoms with Crippen LogP contribution in [0.4, 0.5) is 0 Å². The molecular formula is C13H20N2O3S. The van der Waals surface area contributed by atoms with Gasteiger partial charge in [0.1, 0.15) is 0 Å². The molecule has 6 heteroatoms. The van der Waals surface area contributed by atoms with Crippen LogP contribution in [0.2, 0.25) is 0 Å². The maximum atomic E-state index is 12.1. The molecule has 0 fully saturated rings. The van der Waals surface area contributed by atoms with Gasteiger partial charge in [-0.2, -0.15) is 0 Å². The average molecular weight is 284 g/mol. The van der Waals surface area contributed by atoms with Crippen LogP contribution >= 0.6 is 0 Å². The summed E-state index contributed by atoms with van der Waals surface area (Å²) in [5.41, 5.74) is 0.266. The summed E-state index contributed by atoms with van der Waals surface area (Å²) in [6.07, 6.45) is 0.315. The van der Waals surface area contributed by atoms with Gasteiger partial charge in [-0.3, -0.25) is 4.79 Å². The van der Waals surface area contributed by atoms with Crippen LogP contribution in [0.3, 0.4) is 0 Å². The molecule has 3 N–H and O–H groups in total. The van der Waals surface area contributed by atoms with Gasteiger partial charge in [-0.25, -0.2) is 13.6 Å². The standard InChI is InChI=1S/C13H20N2O3S/c1-13(2,11-7-4-3-5-8-11)12(16)15-9-6-10-19(14,17)18/h3-5,7-8H,6,9-10H2,1-2H3,(H,15,16)(H2,14,17,18). The number of nitrogens with two attached hydrogens (primary N) is 1. The molecule has 106 valence electrons. The highest BCUT2D eigenvalue weighted by molar-refractivity contribution is 7.89. The van der Waals surface area contributed by atoms with E-state index in [1.165, 1.54) is 0 Å². The summed E-state index contributed by atoms with van der Waals surface area (Å²) in [5.74, 6) is -0.257. The Morgan fingerprint density at radius 2 is 1.84 bits per heavy atom. The molecule has 0 radical (unpaired) electrons. The summed E-state index contributed by atoms with van der Waals surface area (Å²) in [7, 11) is -3.46. The van der Waals surface area contributed by atoms with Crippen molar-refractivity contribution in [3.63, 3.8) is 0 Å². The van der Waals surface area contributed by atoms with Crippen molar-refractivity contribution in [3.05, 3.63) is 35.9 Å². The summed E-state index contributed by atoms with van der Waals surface area (Å²) in [6.45, 7) is 3.96. The molecule has 0 spiro atoms. The molecule has 19 heavy (non-hydrogen) atoms. The highest BCUT2D eigenvalue weighted by Crippen LogP contribution is 2.22. The molecule has 1 rings (SSSR count). The largest absolute Gasteiger partial charge is 0.355 e. The zero-order chi connectivity index (χ0) is 14.5. The van der Waals surface area contributed by atoms with Crippen molar-refractivity contribution in [2.45, 2.75) is 25.7 Å². The van der Waals surface area contributed by atoms with Crippen LogP contribution < -0.4 is 10.5 Å². The van der Waals surface area contributed by atoms with E-state index >= 15 is 0 Å². The highest BCUT2D eigenvalue weighted by Gasteiger charge is 2.29. The first-order valence-corrected chi connectivity index (χ1v) is 7.79. The number of sulfonamides is 1. The second kappa shape index (κ2) is 6.16. The van der Waals surface area contributed by atoms with Crippen molar-refractivity contribution in [3.8, 4) is 0 Å². The second-order valence-corrected chi connectivity index (χ2v) is 6.70. The Kier molecular flexibility index (Phi) is 5.08. The van der Waals surface area contributed by atoms with Gasteiger partial charge in [0, 0.05) is 6.54 Å². The van der Waals surface area contributed by atoms with Gasteiger partial charge < -0.3 is 5.32 Å².